The van der Waals surface area contributed by atoms with Crippen LogP contribution in [0.15, 0.2) is 97.2 Å². The van der Waals surface area contributed by atoms with Crippen LogP contribution in [0, 0.1) is 0 Å². The Hall–Kier alpha value is -3.42. The molecule has 454 valence electrons. The maximum Gasteiger partial charge on any atom is 0.306 e. The lowest BCUT2D eigenvalue weighted by Crippen LogP contribution is -2.61. The van der Waals surface area contributed by atoms with E-state index in [2.05, 4.69) is 74.7 Å². The van der Waals surface area contributed by atoms with Crippen molar-refractivity contribution >= 4 is 11.9 Å². The standard InChI is InChI=1S/C68H117NO10/c1-4-7-10-13-16-19-22-25-27-28-29-30-31-32-33-35-37-40-43-46-49-52-55-61(72)67(76)69-59(60(71)54-51-48-45-42-39-36-24-21-18-15-12-9-6-3)58-77-68-66(65(75)64(74)62(57-70)78-68)79-63(73)56-53-50-47-44-41-38-34-26-23-20-17-14-11-8-5-2/h8,11,14,16-17,19-20,23,25-27,29-30,34,51,54,59-62,64-66,68,70-72,74-75H,4-7,9-10,12-13,15,18,21-22,24,28,31-33,35-50,52-53,55-58H2,1-3H3,(H,69,76)/b11-8+,17-14+,19-16-,23-20+,27-25-,30-29-,34-26-,54-51+. The molecule has 1 aliphatic heterocycles. The van der Waals surface area contributed by atoms with Gasteiger partial charge in [-0.15, -0.1) is 0 Å². The molecule has 0 radical (unpaired) electrons. The lowest BCUT2D eigenvalue weighted by molar-refractivity contribution is -0.305. The second-order valence-electron chi connectivity index (χ2n) is 21.8. The molecular formula is C68H117NO10. The number of hydrogen-bond acceptors (Lipinski definition) is 10. The van der Waals surface area contributed by atoms with Gasteiger partial charge in [-0.25, -0.2) is 0 Å². The van der Waals surface area contributed by atoms with Gasteiger partial charge < -0.3 is 45.1 Å². The summed E-state index contributed by atoms with van der Waals surface area (Å²) in [5.74, 6) is -1.23. The second-order valence-corrected chi connectivity index (χ2v) is 21.8. The fraction of sp³-hybridized carbons (Fsp3) is 0.735. The molecule has 0 spiro atoms. The minimum atomic E-state index is -1.63. The number of esters is 1. The molecule has 0 aliphatic carbocycles. The van der Waals surface area contributed by atoms with E-state index < -0.39 is 67.4 Å². The molecule has 0 aromatic heterocycles. The molecule has 6 N–H and O–H groups in total. The van der Waals surface area contributed by atoms with Crippen LogP contribution < -0.4 is 5.32 Å². The molecule has 0 saturated carbocycles. The molecule has 11 heteroatoms. The van der Waals surface area contributed by atoms with E-state index in [9.17, 15) is 35.1 Å². The van der Waals surface area contributed by atoms with Crippen molar-refractivity contribution in [3.63, 3.8) is 0 Å². The molecule has 1 fully saturated rings. The van der Waals surface area contributed by atoms with E-state index >= 15 is 0 Å². The van der Waals surface area contributed by atoms with Crippen molar-refractivity contribution in [2.45, 2.75) is 307 Å². The minimum absolute atomic E-state index is 0.0928. The van der Waals surface area contributed by atoms with Crippen LogP contribution in [0.3, 0.4) is 0 Å². The number of allylic oxidation sites excluding steroid dienone is 15. The Balaban J connectivity index is 2.68. The number of amides is 1. The summed E-state index contributed by atoms with van der Waals surface area (Å²) in [6.45, 7) is 5.61. The van der Waals surface area contributed by atoms with Crippen molar-refractivity contribution in [2.24, 2.45) is 0 Å². The molecule has 0 bridgehead atoms. The van der Waals surface area contributed by atoms with E-state index in [1.54, 1.807) is 6.08 Å². The zero-order valence-electron chi connectivity index (χ0n) is 50.2. The van der Waals surface area contributed by atoms with E-state index in [-0.39, 0.29) is 19.4 Å². The van der Waals surface area contributed by atoms with Gasteiger partial charge >= 0.3 is 5.97 Å². The fourth-order valence-corrected chi connectivity index (χ4v) is 9.49. The number of unbranched alkanes of at least 4 members (excludes halogenated alkanes) is 28. The van der Waals surface area contributed by atoms with Gasteiger partial charge in [0, 0.05) is 6.42 Å². The Kier molecular flexibility index (Phi) is 51.4. The number of aliphatic hydroxyl groups is 5. The zero-order valence-corrected chi connectivity index (χ0v) is 50.2. The van der Waals surface area contributed by atoms with Gasteiger partial charge in [0.1, 0.15) is 24.4 Å². The Morgan fingerprint density at radius 1 is 0.519 bits per heavy atom. The molecule has 1 aliphatic rings. The Labute approximate surface area is 482 Å². The Morgan fingerprint density at radius 3 is 1.51 bits per heavy atom. The quantitative estimate of drug-likeness (QED) is 0.0149. The van der Waals surface area contributed by atoms with Gasteiger partial charge in [-0.05, 0) is 83.5 Å². The van der Waals surface area contributed by atoms with Crippen LogP contribution in [0.4, 0.5) is 0 Å². The average molecular weight is 1110 g/mol. The summed E-state index contributed by atoms with van der Waals surface area (Å²) in [5, 5.41) is 57.0. The van der Waals surface area contributed by atoms with Crippen molar-refractivity contribution in [1.29, 1.82) is 0 Å². The van der Waals surface area contributed by atoms with Crippen molar-refractivity contribution in [3.8, 4) is 0 Å². The number of rotatable bonds is 53. The molecule has 11 nitrogen and oxygen atoms in total. The van der Waals surface area contributed by atoms with Crippen LogP contribution in [-0.4, -0.2) is 99.6 Å². The Morgan fingerprint density at radius 2 is 0.962 bits per heavy atom. The normalized spacial score (nSPS) is 19.5. The summed E-state index contributed by atoms with van der Waals surface area (Å²) in [7, 11) is 0. The molecule has 0 aromatic carbocycles. The zero-order chi connectivity index (χ0) is 57.5. The highest BCUT2D eigenvalue weighted by Gasteiger charge is 2.47. The maximum absolute atomic E-state index is 13.5. The maximum atomic E-state index is 13.5. The first kappa shape index (κ1) is 73.6. The first-order chi connectivity index (χ1) is 38.7. The van der Waals surface area contributed by atoms with E-state index in [1.807, 2.05) is 42.5 Å². The molecule has 1 heterocycles. The third-order valence-electron chi connectivity index (χ3n) is 14.6. The number of aliphatic hydroxyl groups excluding tert-OH is 5. The average Bonchev–Trinajstić information content (AvgIpc) is 3.50. The smallest absolute Gasteiger partial charge is 0.306 e. The van der Waals surface area contributed by atoms with Gasteiger partial charge in [-0.1, -0.05) is 266 Å². The molecule has 0 aromatic rings. The molecule has 8 atom stereocenters. The largest absolute Gasteiger partial charge is 0.454 e. The molecule has 1 saturated heterocycles. The summed E-state index contributed by atoms with van der Waals surface area (Å²) in [5.41, 5.74) is 0. The van der Waals surface area contributed by atoms with Gasteiger partial charge in [0.2, 0.25) is 5.91 Å². The SMILES string of the molecule is CC/C=C/C=C/C=C/C=C\CCCCCCCC(=O)OC1C(OCC(NC(=O)C(O)CCCCCCCCCCC/C=C\C/C=C\C/C=C\CCCCC)C(O)/C=C/CCCCCCCCCCCCC)OC(CO)C(O)C1O. The molecule has 1 amide bonds. The van der Waals surface area contributed by atoms with Crippen molar-refractivity contribution < 1.29 is 49.3 Å². The van der Waals surface area contributed by atoms with E-state index in [4.69, 9.17) is 14.2 Å². The van der Waals surface area contributed by atoms with Crippen LogP contribution in [0.5, 0.6) is 0 Å². The summed E-state index contributed by atoms with van der Waals surface area (Å²) >= 11 is 0. The summed E-state index contributed by atoms with van der Waals surface area (Å²) in [6.07, 6.45) is 62.9. The van der Waals surface area contributed by atoms with Crippen molar-refractivity contribution in [3.05, 3.63) is 97.2 Å². The first-order valence-corrected chi connectivity index (χ1v) is 32.1. The van der Waals surface area contributed by atoms with E-state index in [0.29, 0.717) is 12.8 Å². The third kappa shape index (κ3) is 43.0. The number of nitrogens with one attached hydrogen (secondary N) is 1. The van der Waals surface area contributed by atoms with Crippen molar-refractivity contribution in [2.75, 3.05) is 13.2 Å². The summed E-state index contributed by atoms with van der Waals surface area (Å²) < 4.78 is 17.6. The van der Waals surface area contributed by atoms with Gasteiger partial charge in [0.05, 0.1) is 25.4 Å². The lowest BCUT2D eigenvalue weighted by atomic mass is 9.99. The monoisotopic (exact) mass is 1110 g/mol. The predicted octanol–water partition coefficient (Wildman–Crippen LogP) is 15.5. The lowest BCUT2D eigenvalue weighted by Gasteiger charge is -2.41. The van der Waals surface area contributed by atoms with Gasteiger partial charge in [0.25, 0.3) is 0 Å². The van der Waals surface area contributed by atoms with Crippen LogP contribution in [-0.2, 0) is 23.8 Å². The highest BCUT2D eigenvalue weighted by atomic mass is 16.7. The molecule has 8 unspecified atom stereocenters. The minimum Gasteiger partial charge on any atom is -0.454 e. The fourth-order valence-electron chi connectivity index (χ4n) is 9.49. The van der Waals surface area contributed by atoms with Gasteiger partial charge in [0.15, 0.2) is 12.4 Å². The summed E-state index contributed by atoms with van der Waals surface area (Å²) in [4.78, 5) is 26.6. The number of ether oxygens (including phenoxy) is 3. The third-order valence-corrected chi connectivity index (χ3v) is 14.6. The highest BCUT2D eigenvalue weighted by Crippen LogP contribution is 2.26. The number of hydrogen-bond donors (Lipinski definition) is 6. The molecular weight excluding hydrogens is 991 g/mol. The van der Waals surface area contributed by atoms with Gasteiger partial charge in [-0.2, -0.15) is 0 Å². The van der Waals surface area contributed by atoms with E-state index in [1.165, 1.54) is 116 Å². The van der Waals surface area contributed by atoms with Crippen LogP contribution in [0.2, 0.25) is 0 Å². The van der Waals surface area contributed by atoms with Crippen LogP contribution in [0.25, 0.3) is 0 Å². The molecule has 79 heavy (non-hydrogen) atoms. The Bertz CT molecular complexity index is 1650. The first-order valence-electron chi connectivity index (χ1n) is 32.1. The van der Waals surface area contributed by atoms with Crippen molar-refractivity contribution in [1.82, 2.24) is 5.32 Å². The molecule has 1 rings (SSSR count). The highest BCUT2D eigenvalue weighted by molar-refractivity contribution is 5.80. The topological polar surface area (TPSA) is 175 Å². The van der Waals surface area contributed by atoms with Crippen LogP contribution in [0.1, 0.15) is 258 Å². The van der Waals surface area contributed by atoms with Crippen LogP contribution >= 0.6 is 0 Å². The van der Waals surface area contributed by atoms with E-state index in [0.717, 1.165) is 96.3 Å². The second kappa shape index (κ2) is 55.1. The summed E-state index contributed by atoms with van der Waals surface area (Å²) in [6, 6.07) is -1.04. The van der Waals surface area contributed by atoms with Gasteiger partial charge in [-0.3, -0.25) is 9.59 Å². The number of carbonyl (C=O) groups excluding carboxylic acids is 2. The number of carbonyl (C=O) groups is 2. The predicted molar refractivity (Wildman–Crippen MR) is 329 cm³/mol.